The van der Waals surface area contributed by atoms with Crippen LogP contribution in [0.3, 0.4) is 0 Å². The summed E-state index contributed by atoms with van der Waals surface area (Å²) in [4.78, 5) is 1.79. The quantitative estimate of drug-likeness (QED) is 0.900. The van der Waals surface area contributed by atoms with E-state index < -0.39 is 12.3 Å². The molecule has 2 aromatic heterocycles. The summed E-state index contributed by atoms with van der Waals surface area (Å²) in [6.07, 6.45) is 1.77. The summed E-state index contributed by atoms with van der Waals surface area (Å²) in [5, 5.41) is 22.1. The molecular formula is C10H11FN4O2S. The Morgan fingerprint density at radius 1 is 1.56 bits per heavy atom. The number of hydrogen-bond acceptors (Lipinski definition) is 7. The van der Waals surface area contributed by atoms with Crippen LogP contribution < -0.4 is 4.90 Å². The fourth-order valence-electron chi connectivity index (χ4n) is 1.90. The molecule has 1 aliphatic rings. The van der Waals surface area contributed by atoms with Gasteiger partial charge < -0.3 is 14.5 Å². The van der Waals surface area contributed by atoms with Crippen LogP contribution in [0.25, 0.3) is 10.7 Å². The number of hydrogen-bond donors (Lipinski definition) is 1. The highest BCUT2D eigenvalue weighted by atomic mass is 32.1. The summed E-state index contributed by atoms with van der Waals surface area (Å²) in [5.74, 6) is 0. The van der Waals surface area contributed by atoms with Gasteiger partial charge in [-0.05, 0) is 0 Å². The van der Waals surface area contributed by atoms with E-state index in [-0.39, 0.29) is 6.54 Å². The molecule has 3 rings (SSSR count). The van der Waals surface area contributed by atoms with Gasteiger partial charge in [0.15, 0.2) is 10.7 Å². The molecule has 1 fully saturated rings. The fraction of sp³-hybridized carbons (Fsp3) is 0.500. The molecule has 8 heteroatoms. The van der Waals surface area contributed by atoms with Gasteiger partial charge in [-0.2, -0.15) is 0 Å². The minimum absolute atomic E-state index is 0.150. The van der Waals surface area contributed by atoms with E-state index in [9.17, 15) is 4.39 Å². The van der Waals surface area contributed by atoms with Gasteiger partial charge in [0.1, 0.15) is 12.0 Å². The molecule has 0 aromatic carbocycles. The van der Waals surface area contributed by atoms with Crippen molar-refractivity contribution in [1.82, 2.24) is 15.4 Å². The van der Waals surface area contributed by atoms with E-state index in [4.69, 9.17) is 9.63 Å². The van der Waals surface area contributed by atoms with Crippen molar-refractivity contribution in [2.75, 3.05) is 24.6 Å². The first-order valence-corrected chi connectivity index (χ1v) is 6.31. The second-order valence-corrected chi connectivity index (χ2v) is 5.21. The predicted molar refractivity (Wildman–Crippen MR) is 63.2 cm³/mol. The van der Waals surface area contributed by atoms with Gasteiger partial charge in [0, 0.05) is 19.0 Å². The van der Waals surface area contributed by atoms with E-state index in [2.05, 4.69) is 15.4 Å². The fourth-order valence-corrected chi connectivity index (χ4v) is 2.73. The Bertz CT molecular complexity index is 532. The lowest BCUT2D eigenvalue weighted by molar-refractivity contribution is 0.0910. The summed E-state index contributed by atoms with van der Waals surface area (Å²) < 4.78 is 18.6. The number of rotatable bonds is 3. The Morgan fingerprint density at radius 3 is 3.11 bits per heavy atom. The zero-order valence-electron chi connectivity index (χ0n) is 9.41. The number of aromatic nitrogens is 3. The maximum atomic E-state index is 13.9. The van der Waals surface area contributed by atoms with Crippen LogP contribution in [0.2, 0.25) is 0 Å². The molecule has 1 saturated heterocycles. The van der Waals surface area contributed by atoms with Gasteiger partial charge in [0.05, 0.1) is 13.2 Å². The van der Waals surface area contributed by atoms with Crippen molar-refractivity contribution in [3.05, 3.63) is 12.3 Å². The lowest BCUT2D eigenvalue weighted by Gasteiger charge is -2.17. The largest absolute Gasteiger partial charge is 0.393 e. The van der Waals surface area contributed by atoms with Crippen molar-refractivity contribution in [1.29, 1.82) is 0 Å². The summed E-state index contributed by atoms with van der Waals surface area (Å²) in [6, 6.07) is 1.70. The molecule has 96 valence electrons. The maximum Gasteiger partial charge on any atom is 0.208 e. The van der Waals surface area contributed by atoms with Gasteiger partial charge >= 0.3 is 0 Å². The average Bonchev–Trinajstić information content (AvgIpc) is 3.09. The second kappa shape index (κ2) is 4.29. The van der Waals surface area contributed by atoms with Gasteiger partial charge in [0.25, 0.3) is 0 Å². The predicted octanol–water partition coefficient (Wildman–Crippen LogP) is 1.10. The third-order valence-corrected chi connectivity index (χ3v) is 3.94. The van der Waals surface area contributed by atoms with Crippen LogP contribution in [0.15, 0.2) is 16.9 Å². The second-order valence-electron chi connectivity index (χ2n) is 4.26. The van der Waals surface area contributed by atoms with Crippen LogP contribution in [-0.2, 0) is 0 Å². The van der Waals surface area contributed by atoms with Crippen molar-refractivity contribution in [2.45, 2.75) is 12.1 Å². The van der Waals surface area contributed by atoms with Gasteiger partial charge in [-0.25, -0.2) is 4.39 Å². The molecule has 18 heavy (non-hydrogen) atoms. The van der Waals surface area contributed by atoms with Crippen LogP contribution >= 0.6 is 11.3 Å². The van der Waals surface area contributed by atoms with Crippen LogP contribution in [0.1, 0.15) is 6.42 Å². The van der Waals surface area contributed by atoms with E-state index in [1.165, 1.54) is 17.6 Å². The number of alkyl halides is 1. The standard InChI is InChI=1S/C10H11FN4O2S/c11-10(6-16)2-3-15(5-10)9-13-12-8(18-9)7-1-4-17-14-7/h1,4,16H,2-3,5-6H2. The first-order valence-electron chi connectivity index (χ1n) is 5.49. The molecule has 0 saturated carbocycles. The van der Waals surface area contributed by atoms with Crippen molar-refractivity contribution >= 4 is 16.5 Å². The zero-order chi connectivity index (χ0) is 12.6. The first kappa shape index (κ1) is 11.5. The lowest BCUT2D eigenvalue weighted by atomic mass is 10.1. The number of halogens is 1. The average molecular weight is 270 g/mol. The minimum Gasteiger partial charge on any atom is -0.393 e. The number of nitrogens with zero attached hydrogens (tertiary/aromatic N) is 4. The van der Waals surface area contributed by atoms with Crippen molar-refractivity contribution in [3.63, 3.8) is 0 Å². The van der Waals surface area contributed by atoms with Gasteiger partial charge in [0.2, 0.25) is 5.13 Å². The smallest absolute Gasteiger partial charge is 0.208 e. The first-order chi connectivity index (χ1) is 8.70. The molecule has 3 heterocycles. The Kier molecular flexibility index (Phi) is 2.75. The topological polar surface area (TPSA) is 75.3 Å². The highest BCUT2D eigenvalue weighted by Crippen LogP contribution is 2.33. The van der Waals surface area contributed by atoms with Gasteiger partial charge in [-0.15, -0.1) is 10.2 Å². The highest BCUT2D eigenvalue weighted by molar-refractivity contribution is 7.18. The minimum atomic E-state index is -1.53. The van der Waals surface area contributed by atoms with E-state index >= 15 is 0 Å². The van der Waals surface area contributed by atoms with Crippen LogP contribution in [0, 0.1) is 0 Å². The third kappa shape index (κ3) is 1.97. The van der Waals surface area contributed by atoms with Crippen molar-refractivity contribution < 1.29 is 14.0 Å². The number of aliphatic hydroxyl groups is 1. The van der Waals surface area contributed by atoms with E-state index in [0.29, 0.717) is 28.8 Å². The summed E-state index contributed by atoms with van der Waals surface area (Å²) in [6.45, 7) is 0.222. The Balaban J connectivity index is 1.79. The SMILES string of the molecule is OCC1(F)CCN(c2nnc(-c3ccon3)s2)C1. The molecule has 0 amide bonds. The number of aliphatic hydroxyl groups excluding tert-OH is 1. The molecule has 2 aromatic rings. The monoisotopic (exact) mass is 270 g/mol. The zero-order valence-corrected chi connectivity index (χ0v) is 10.2. The van der Waals surface area contributed by atoms with Gasteiger partial charge in [-0.3, -0.25) is 0 Å². The summed E-state index contributed by atoms with van der Waals surface area (Å²) >= 11 is 1.33. The summed E-state index contributed by atoms with van der Waals surface area (Å²) in [7, 11) is 0. The molecule has 0 bridgehead atoms. The summed E-state index contributed by atoms with van der Waals surface area (Å²) in [5.41, 5.74) is -0.911. The molecular weight excluding hydrogens is 259 g/mol. The van der Waals surface area contributed by atoms with Crippen molar-refractivity contribution in [2.24, 2.45) is 0 Å². The highest BCUT2D eigenvalue weighted by Gasteiger charge is 2.39. The molecule has 6 nitrogen and oxygen atoms in total. The molecule has 0 radical (unpaired) electrons. The van der Waals surface area contributed by atoms with Crippen molar-refractivity contribution in [3.8, 4) is 10.7 Å². The molecule has 0 aliphatic carbocycles. The Morgan fingerprint density at radius 2 is 2.44 bits per heavy atom. The molecule has 1 N–H and O–H groups in total. The van der Waals surface area contributed by atoms with E-state index in [0.717, 1.165) is 0 Å². The van der Waals surface area contributed by atoms with Crippen LogP contribution in [-0.4, -0.2) is 45.8 Å². The molecule has 1 atom stereocenters. The van der Waals surface area contributed by atoms with Crippen LogP contribution in [0.4, 0.5) is 9.52 Å². The third-order valence-electron chi connectivity index (χ3n) is 2.93. The normalized spacial score (nSPS) is 23.8. The Labute approximate surface area is 106 Å². The van der Waals surface area contributed by atoms with Crippen LogP contribution in [0.5, 0.6) is 0 Å². The molecule has 1 aliphatic heterocycles. The maximum absolute atomic E-state index is 13.9. The number of anilines is 1. The van der Waals surface area contributed by atoms with E-state index in [1.54, 1.807) is 11.0 Å². The Hall–Kier alpha value is -1.54. The molecule has 1 unspecified atom stereocenters. The van der Waals surface area contributed by atoms with E-state index in [1.807, 2.05) is 0 Å². The van der Waals surface area contributed by atoms with Gasteiger partial charge in [-0.1, -0.05) is 16.5 Å². The molecule has 0 spiro atoms. The lowest BCUT2D eigenvalue weighted by Crippen LogP contribution is -2.32.